The molecule has 0 amide bonds. The first-order valence-electron chi connectivity index (χ1n) is 7.49. The predicted molar refractivity (Wildman–Crippen MR) is 92.4 cm³/mol. The Hall–Kier alpha value is -2.72. The Labute approximate surface area is 134 Å². The first kappa shape index (κ1) is 15.2. The number of carbonyl (C=O) groups is 1. The number of pyridine rings is 1. The third kappa shape index (κ3) is 2.94. The number of hydrogen-bond acceptors (Lipinski definition) is 3. The highest BCUT2D eigenvalue weighted by Crippen LogP contribution is 2.21. The maximum Gasteiger partial charge on any atom is 0.258 e. The maximum atomic E-state index is 12.6. The van der Waals surface area contributed by atoms with Crippen molar-refractivity contribution < 1.29 is 4.79 Å². The number of nitrogens with two attached hydrogens (primary N) is 1. The molecule has 0 aliphatic rings. The molecular weight excluding hydrogens is 288 g/mol. The molecule has 0 aliphatic carbocycles. The highest BCUT2D eigenvalue weighted by Gasteiger charge is 2.09. The molecule has 0 saturated carbocycles. The van der Waals surface area contributed by atoms with Crippen molar-refractivity contribution in [2.75, 3.05) is 0 Å². The van der Waals surface area contributed by atoms with Crippen LogP contribution in [-0.2, 0) is 18.3 Å². The second-order valence-corrected chi connectivity index (χ2v) is 5.68. The van der Waals surface area contributed by atoms with Crippen molar-refractivity contribution in [3.63, 3.8) is 0 Å². The minimum atomic E-state index is -0.491. The van der Waals surface area contributed by atoms with Gasteiger partial charge in [-0.15, -0.1) is 0 Å². The van der Waals surface area contributed by atoms with E-state index in [0.717, 1.165) is 28.3 Å². The number of rotatable bonds is 4. The van der Waals surface area contributed by atoms with Crippen molar-refractivity contribution in [1.29, 1.82) is 0 Å². The summed E-state index contributed by atoms with van der Waals surface area (Å²) in [5, 5.41) is 1.02. The van der Waals surface area contributed by atoms with E-state index in [2.05, 4.69) is 0 Å². The monoisotopic (exact) mass is 306 g/mol. The van der Waals surface area contributed by atoms with Crippen molar-refractivity contribution >= 4 is 17.2 Å². The molecule has 4 nitrogen and oxygen atoms in total. The summed E-state index contributed by atoms with van der Waals surface area (Å²) in [7, 11) is 1.78. The van der Waals surface area contributed by atoms with E-state index < -0.39 is 6.04 Å². The van der Waals surface area contributed by atoms with Gasteiger partial charge >= 0.3 is 0 Å². The SMILES string of the molecule is Cn1c(=O)c(-c2ccc(CC(N)C=O)cc2)cc2ccccc21. The summed E-state index contributed by atoms with van der Waals surface area (Å²) in [6.45, 7) is 0. The third-order valence-corrected chi connectivity index (χ3v) is 4.04. The van der Waals surface area contributed by atoms with Crippen LogP contribution < -0.4 is 11.3 Å². The zero-order valence-corrected chi connectivity index (χ0v) is 12.9. The topological polar surface area (TPSA) is 65.1 Å². The number of para-hydroxylation sites is 1. The van der Waals surface area contributed by atoms with Crippen molar-refractivity contribution in [1.82, 2.24) is 4.57 Å². The first-order chi connectivity index (χ1) is 11.1. The van der Waals surface area contributed by atoms with Gasteiger partial charge in [0.1, 0.15) is 6.29 Å². The standard InChI is InChI=1S/C19H18N2O2/c1-21-18-5-3-2-4-15(18)11-17(19(21)23)14-8-6-13(7-9-14)10-16(20)12-22/h2-9,11-12,16H,10,20H2,1H3. The Morgan fingerprint density at radius 3 is 2.52 bits per heavy atom. The summed E-state index contributed by atoms with van der Waals surface area (Å²) in [6.07, 6.45) is 1.24. The fraction of sp³-hybridized carbons (Fsp3) is 0.158. The summed E-state index contributed by atoms with van der Waals surface area (Å²) in [6, 6.07) is 16.9. The molecule has 1 atom stereocenters. The molecule has 0 spiro atoms. The molecule has 1 unspecified atom stereocenters. The van der Waals surface area contributed by atoms with Crippen molar-refractivity contribution in [3.05, 3.63) is 70.5 Å². The fourth-order valence-electron chi connectivity index (χ4n) is 2.77. The van der Waals surface area contributed by atoms with Gasteiger partial charge in [0.25, 0.3) is 5.56 Å². The molecule has 1 aromatic heterocycles. The second-order valence-electron chi connectivity index (χ2n) is 5.68. The fourth-order valence-corrected chi connectivity index (χ4v) is 2.77. The zero-order valence-electron chi connectivity index (χ0n) is 12.9. The second kappa shape index (κ2) is 6.18. The molecule has 0 radical (unpaired) electrons. The van der Waals surface area contributed by atoms with Gasteiger partial charge in [-0.3, -0.25) is 4.79 Å². The van der Waals surface area contributed by atoms with Crippen LogP contribution in [0.3, 0.4) is 0 Å². The first-order valence-corrected chi connectivity index (χ1v) is 7.49. The van der Waals surface area contributed by atoms with E-state index in [1.54, 1.807) is 11.6 Å². The summed E-state index contributed by atoms with van der Waals surface area (Å²) in [5.74, 6) is 0. The van der Waals surface area contributed by atoms with E-state index in [0.29, 0.717) is 12.0 Å². The number of carbonyl (C=O) groups excluding carboxylic acids is 1. The van der Waals surface area contributed by atoms with Gasteiger partial charge in [0.05, 0.1) is 11.6 Å². The van der Waals surface area contributed by atoms with Crippen LogP contribution in [0, 0.1) is 0 Å². The lowest BCUT2D eigenvalue weighted by Crippen LogP contribution is -2.24. The summed E-state index contributed by atoms with van der Waals surface area (Å²) < 4.78 is 1.67. The molecule has 0 bridgehead atoms. The van der Waals surface area contributed by atoms with Crippen LogP contribution in [0.4, 0.5) is 0 Å². The molecule has 23 heavy (non-hydrogen) atoms. The van der Waals surface area contributed by atoms with Gasteiger partial charge in [-0.25, -0.2) is 0 Å². The van der Waals surface area contributed by atoms with Gasteiger partial charge in [-0.2, -0.15) is 0 Å². The lowest BCUT2D eigenvalue weighted by Gasteiger charge is -2.10. The van der Waals surface area contributed by atoms with E-state index in [4.69, 9.17) is 5.73 Å². The molecule has 0 aliphatic heterocycles. The van der Waals surface area contributed by atoms with Crippen molar-refractivity contribution in [3.8, 4) is 11.1 Å². The van der Waals surface area contributed by atoms with E-state index in [1.807, 2.05) is 54.6 Å². The van der Waals surface area contributed by atoms with Crippen LogP contribution in [0.2, 0.25) is 0 Å². The van der Waals surface area contributed by atoms with Crippen molar-refractivity contribution in [2.24, 2.45) is 12.8 Å². The zero-order chi connectivity index (χ0) is 16.4. The van der Waals surface area contributed by atoms with Crippen LogP contribution in [-0.4, -0.2) is 16.9 Å². The normalized spacial score (nSPS) is 12.3. The molecule has 3 aromatic rings. The van der Waals surface area contributed by atoms with Gasteiger partial charge in [0.15, 0.2) is 0 Å². The minimum Gasteiger partial charge on any atom is -0.321 e. The smallest absolute Gasteiger partial charge is 0.258 e. The van der Waals surface area contributed by atoms with Gasteiger partial charge in [-0.1, -0.05) is 42.5 Å². The van der Waals surface area contributed by atoms with Crippen LogP contribution in [0.1, 0.15) is 5.56 Å². The molecule has 1 heterocycles. The van der Waals surface area contributed by atoms with E-state index in [9.17, 15) is 9.59 Å². The Kier molecular flexibility index (Phi) is 4.08. The number of aldehydes is 1. The van der Waals surface area contributed by atoms with Crippen LogP contribution >= 0.6 is 0 Å². The molecule has 4 heteroatoms. The third-order valence-electron chi connectivity index (χ3n) is 4.04. The van der Waals surface area contributed by atoms with Gasteiger partial charge in [-0.05, 0) is 35.1 Å². The predicted octanol–water partition coefficient (Wildman–Crippen LogP) is 2.27. The Bertz CT molecular complexity index is 911. The number of fused-ring (bicyclic) bond motifs is 1. The highest BCUT2D eigenvalue weighted by atomic mass is 16.1. The number of benzene rings is 2. The quantitative estimate of drug-likeness (QED) is 0.752. The molecule has 3 rings (SSSR count). The maximum absolute atomic E-state index is 12.6. The Balaban J connectivity index is 2.05. The van der Waals surface area contributed by atoms with E-state index in [-0.39, 0.29) is 5.56 Å². The summed E-state index contributed by atoms with van der Waals surface area (Å²) >= 11 is 0. The van der Waals surface area contributed by atoms with E-state index >= 15 is 0 Å². The lowest BCUT2D eigenvalue weighted by atomic mass is 10.0. The lowest BCUT2D eigenvalue weighted by molar-refractivity contribution is -0.108. The average Bonchev–Trinajstić information content (AvgIpc) is 2.59. The molecule has 2 N–H and O–H groups in total. The minimum absolute atomic E-state index is 0.0268. The average molecular weight is 306 g/mol. The number of nitrogens with zero attached hydrogens (tertiary/aromatic N) is 1. The van der Waals surface area contributed by atoms with Crippen LogP contribution in [0.15, 0.2) is 59.4 Å². The number of aryl methyl sites for hydroxylation is 1. The Morgan fingerprint density at radius 1 is 1.13 bits per heavy atom. The van der Waals surface area contributed by atoms with Crippen LogP contribution in [0.25, 0.3) is 22.0 Å². The summed E-state index contributed by atoms with van der Waals surface area (Å²) in [4.78, 5) is 23.2. The van der Waals surface area contributed by atoms with Gasteiger partial charge in [0.2, 0.25) is 0 Å². The highest BCUT2D eigenvalue weighted by molar-refractivity contribution is 5.84. The molecule has 116 valence electrons. The van der Waals surface area contributed by atoms with Gasteiger partial charge < -0.3 is 15.1 Å². The molecule has 0 saturated heterocycles. The van der Waals surface area contributed by atoms with E-state index in [1.165, 1.54) is 0 Å². The number of aromatic nitrogens is 1. The van der Waals surface area contributed by atoms with Gasteiger partial charge in [0, 0.05) is 12.6 Å². The summed E-state index contributed by atoms with van der Waals surface area (Å²) in [5.41, 5.74) is 9.03. The molecular formula is C19H18N2O2. The van der Waals surface area contributed by atoms with Crippen molar-refractivity contribution in [2.45, 2.75) is 12.5 Å². The number of hydrogen-bond donors (Lipinski definition) is 1. The molecule has 2 aromatic carbocycles. The Morgan fingerprint density at radius 2 is 1.83 bits per heavy atom. The largest absolute Gasteiger partial charge is 0.321 e. The van der Waals surface area contributed by atoms with Crippen LogP contribution in [0.5, 0.6) is 0 Å². The molecule has 0 fully saturated rings.